The first kappa shape index (κ1) is 16.4. The van der Waals surface area contributed by atoms with Crippen molar-refractivity contribution in [2.75, 3.05) is 32.1 Å². The fourth-order valence-electron chi connectivity index (χ4n) is 1.75. The van der Waals surface area contributed by atoms with Crippen LogP contribution < -0.4 is 5.32 Å². The summed E-state index contributed by atoms with van der Waals surface area (Å²) in [5, 5.41) is 11.6. The largest absolute Gasteiger partial charge is 0.396 e. The summed E-state index contributed by atoms with van der Waals surface area (Å²) in [6, 6.07) is 7.73. The minimum absolute atomic E-state index is 0.00812. The average molecular weight is 376 g/mol. The van der Waals surface area contributed by atoms with Crippen molar-refractivity contribution < 1.29 is 9.90 Å². The van der Waals surface area contributed by atoms with Crippen LogP contribution in [0.4, 0.5) is 5.69 Å². The van der Waals surface area contributed by atoms with Crippen molar-refractivity contribution in [2.24, 2.45) is 0 Å². The Morgan fingerprint density at radius 1 is 1.32 bits per heavy atom. The predicted octanol–water partition coefficient (Wildman–Crippen LogP) is 2.32. The van der Waals surface area contributed by atoms with Crippen LogP contribution in [0.1, 0.15) is 19.3 Å². The Balaban J connectivity index is 2.29. The van der Waals surface area contributed by atoms with Crippen molar-refractivity contribution in [3.63, 3.8) is 0 Å². The molecule has 0 aliphatic rings. The second kappa shape index (κ2) is 9.28. The highest BCUT2D eigenvalue weighted by atomic mass is 127. The molecule has 5 heteroatoms. The van der Waals surface area contributed by atoms with Crippen molar-refractivity contribution in [1.29, 1.82) is 0 Å². The van der Waals surface area contributed by atoms with Crippen LogP contribution in [-0.4, -0.2) is 42.7 Å². The summed E-state index contributed by atoms with van der Waals surface area (Å²) in [6.45, 7) is 1.51. The molecule has 0 heterocycles. The smallest absolute Gasteiger partial charge is 0.238 e. The van der Waals surface area contributed by atoms with Crippen molar-refractivity contribution in [3.05, 3.63) is 27.8 Å². The van der Waals surface area contributed by atoms with Gasteiger partial charge in [0.1, 0.15) is 0 Å². The SMILES string of the molecule is CN(CCCCCO)CC(=O)Nc1ccccc1I. The quantitative estimate of drug-likeness (QED) is 0.541. The number of benzene rings is 1. The maximum atomic E-state index is 11.9. The molecule has 0 spiro atoms. The van der Waals surface area contributed by atoms with Crippen molar-refractivity contribution >= 4 is 34.2 Å². The van der Waals surface area contributed by atoms with Gasteiger partial charge in [-0.15, -0.1) is 0 Å². The molecule has 1 aromatic carbocycles. The molecular formula is C14H21IN2O2. The third kappa shape index (κ3) is 6.89. The lowest BCUT2D eigenvalue weighted by Gasteiger charge is -2.16. The topological polar surface area (TPSA) is 52.6 Å². The predicted molar refractivity (Wildman–Crippen MR) is 86.2 cm³/mol. The number of anilines is 1. The highest BCUT2D eigenvalue weighted by Crippen LogP contribution is 2.16. The molecular weight excluding hydrogens is 355 g/mol. The second-order valence-electron chi connectivity index (χ2n) is 4.55. The molecule has 0 aliphatic carbocycles. The Labute approximate surface area is 128 Å². The number of unbranched alkanes of at least 4 members (excludes halogenated alkanes) is 2. The highest BCUT2D eigenvalue weighted by Gasteiger charge is 2.08. The molecule has 0 fully saturated rings. The lowest BCUT2D eigenvalue weighted by Crippen LogP contribution is -2.31. The van der Waals surface area contributed by atoms with E-state index in [0.29, 0.717) is 6.54 Å². The van der Waals surface area contributed by atoms with Gasteiger partial charge in [-0.2, -0.15) is 0 Å². The van der Waals surface area contributed by atoms with Crippen LogP contribution in [0.25, 0.3) is 0 Å². The van der Waals surface area contributed by atoms with E-state index in [1.165, 1.54) is 0 Å². The summed E-state index contributed by atoms with van der Waals surface area (Å²) in [4.78, 5) is 13.9. The molecule has 0 radical (unpaired) electrons. The van der Waals surface area contributed by atoms with Crippen LogP contribution in [0.5, 0.6) is 0 Å². The number of aliphatic hydroxyl groups is 1. The summed E-state index contributed by atoms with van der Waals surface area (Å²) in [6.07, 6.45) is 2.84. The maximum Gasteiger partial charge on any atom is 0.238 e. The Bertz CT molecular complexity index is 399. The third-order valence-corrected chi connectivity index (χ3v) is 3.70. The molecule has 19 heavy (non-hydrogen) atoms. The fraction of sp³-hybridized carbons (Fsp3) is 0.500. The zero-order chi connectivity index (χ0) is 14.1. The number of aliphatic hydroxyl groups excluding tert-OH is 1. The van der Waals surface area contributed by atoms with Gasteiger partial charge in [-0.25, -0.2) is 0 Å². The Hall–Kier alpha value is -0.660. The van der Waals surface area contributed by atoms with E-state index in [1.54, 1.807) is 0 Å². The normalized spacial score (nSPS) is 10.7. The lowest BCUT2D eigenvalue weighted by molar-refractivity contribution is -0.117. The van der Waals surface area contributed by atoms with Crippen molar-refractivity contribution in [2.45, 2.75) is 19.3 Å². The molecule has 0 aliphatic heterocycles. The number of hydrogen-bond donors (Lipinski definition) is 2. The summed E-state index contributed by atoms with van der Waals surface area (Å²) in [7, 11) is 1.94. The van der Waals surface area contributed by atoms with E-state index in [2.05, 4.69) is 27.9 Å². The van der Waals surface area contributed by atoms with Gasteiger partial charge in [-0.3, -0.25) is 9.69 Å². The molecule has 0 aromatic heterocycles. The number of hydrogen-bond acceptors (Lipinski definition) is 3. The van der Waals surface area contributed by atoms with E-state index in [1.807, 2.05) is 36.2 Å². The molecule has 2 N–H and O–H groups in total. The van der Waals surface area contributed by atoms with E-state index < -0.39 is 0 Å². The number of halogens is 1. The van der Waals surface area contributed by atoms with Crippen LogP contribution in [0.15, 0.2) is 24.3 Å². The van der Waals surface area contributed by atoms with Gasteiger partial charge < -0.3 is 10.4 Å². The fourth-order valence-corrected chi connectivity index (χ4v) is 2.27. The van der Waals surface area contributed by atoms with Crippen LogP contribution in [0.3, 0.4) is 0 Å². The van der Waals surface area contributed by atoms with E-state index in [0.717, 1.165) is 35.1 Å². The molecule has 0 saturated carbocycles. The molecule has 0 saturated heterocycles. The number of rotatable bonds is 8. The monoisotopic (exact) mass is 376 g/mol. The standard InChI is InChI=1S/C14H21IN2O2/c1-17(9-5-2-6-10-18)11-14(19)16-13-8-4-3-7-12(13)15/h3-4,7-8,18H,2,5-6,9-11H2,1H3,(H,16,19). The van der Waals surface area contributed by atoms with Crippen LogP contribution in [-0.2, 0) is 4.79 Å². The lowest BCUT2D eigenvalue weighted by atomic mass is 10.2. The molecule has 106 valence electrons. The van der Waals surface area contributed by atoms with Crippen molar-refractivity contribution in [1.82, 2.24) is 4.90 Å². The Kier molecular flexibility index (Phi) is 8.00. The number of nitrogens with zero attached hydrogens (tertiary/aromatic N) is 1. The van der Waals surface area contributed by atoms with Crippen molar-refractivity contribution in [3.8, 4) is 0 Å². The zero-order valence-corrected chi connectivity index (χ0v) is 13.4. The zero-order valence-electron chi connectivity index (χ0n) is 11.2. The molecule has 1 aromatic rings. The Morgan fingerprint density at radius 3 is 2.74 bits per heavy atom. The minimum Gasteiger partial charge on any atom is -0.396 e. The average Bonchev–Trinajstić information content (AvgIpc) is 2.37. The molecule has 0 bridgehead atoms. The van der Waals surface area contributed by atoms with Gasteiger partial charge in [0.05, 0.1) is 12.2 Å². The number of carbonyl (C=O) groups excluding carboxylic acids is 1. The second-order valence-corrected chi connectivity index (χ2v) is 5.71. The summed E-state index contributed by atoms with van der Waals surface area (Å²) < 4.78 is 1.04. The number of amides is 1. The van der Waals surface area contributed by atoms with E-state index in [9.17, 15) is 4.79 Å². The number of carbonyl (C=O) groups is 1. The summed E-state index contributed by atoms with van der Waals surface area (Å²) in [5.41, 5.74) is 0.863. The molecule has 0 atom stereocenters. The van der Waals surface area contributed by atoms with Crippen LogP contribution >= 0.6 is 22.6 Å². The van der Waals surface area contributed by atoms with Gasteiger partial charge in [-0.05, 0) is 67.6 Å². The van der Waals surface area contributed by atoms with Gasteiger partial charge in [0.25, 0.3) is 0 Å². The highest BCUT2D eigenvalue weighted by molar-refractivity contribution is 14.1. The van der Waals surface area contributed by atoms with E-state index >= 15 is 0 Å². The van der Waals surface area contributed by atoms with E-state index in [4.69, 9.17) is 5.11 Å². The first-order valence-corrected chi connectivity index (χ1v) is 7.55. The first-order valence-electron chi connectivity index (χ1n) is 6.47. The number of para-hydroxylation sites is 1. The molecule has 1 rings (SSSR count). The summed E-state index contributed by atoms with van der Waals surface area (Å²) in [5.74, 6) is 0.00812. The minimum atomic E-state index is 0.00812. The third-order valence-electron chi connectivity index (χ3n) is 2.76. The first-order chi connectivity index (χ1) is 9.13. The van der Waals surface area contributed by atoms with Gasteiger partial charge in [-0.1, -0.05) is 12.1 Å². The van der Waals surface area contributed by atoms with E-state index in [-0.39, 0.29) is 12.5 Å². The van der Waals surface area contributed by atoms with Crippen LogP contribution in [0, 0.1) is 3.57 Å². The van der Waals surface area contributed by atoms with Gasteiger partial charge >= 0.3 is 0 Å². The Morgan fingerprint density at radius 2 is 2.05 bits per heavy atom. The molecule has 1 amide bonds. The van der Waals surface area contributed by atoms with Gasteiger partial charge in [0.15, 0.2) is 0 Å². The molecule has 4 nitrogen and oxygen atoms in total. The summed E-state index contributed by atoms with van der Waals surface area (Å²) >= 11 is 2.21. The number of nitrogens with one attached hydrogen (secondary N) is 1. The van der Waals surface area contributed by atoms with Crippen LogP contribution in [0.2, 0.25) is 0 Å². The van der Waals surface area contributed by atoms with Gasteiger partial charge in [0, 0.05) is 10.2 Å². The molecule has 0 unspecified atom stereocenters. The van der Waals surface area contributed by atoms with Gasteiger partial charge in [0.2, 0.25) is 5.91 Å². The number of likely N-dealkylation sites (N-methyl/N-ethyl adjacent to an activating group) is 1. The maximum absolute atomic E-state index is 11.9.